The molecule has 1 aliphatic heterocycles. The zero-order chi connectivity index (χ0) is 22.5. The van der Waals surface area contributed by atoms with Crippen LogP contribution in [0, 0.1) is 0 Å². The number of nitrogens with one attached hydrogen (secondary N) is 1. The predicted molar refractivity (Wildman–Crippen MR) is 123 cm³/mol. The molecule has 1 saturated heterocycles. The lowest BCUT2D eigenvalue weighted by atomic mass is 9.97. The van der Waals surface area contributed by atoms with Gasteiger partial charge >= 0.3 is 6.03 Å². The van der Waals surface area contributed by atoms with Crippen LogP contribution in [0.2, 0.25) is 5.15 Å². The number of anilines is 2. The van der Waals surface area contributed by atoms with Crippen molar-refractivity contribution >= 4 is 34.9 Å². The summed E-state index contributed by atoms with van der Waals surface area (Å²) < 4.78 is 5.36. The number of halogens is 1. The topological polar surface area (TPSA) is 74.8 Å². The van der Waals surface area contributed by atoms with Gasteiger partial charge in [0.25, 0.3) is 0 Å². The number of nitrogens with zero attached hydrogens (tertiary/aromatic N) is 3. The van der Waals surface area contributed by atoms with Gasteiger partial charge in [0.05, 0.1) is 13.3 Å². The first kappa shape index (κ1) is 22.9. The molecule has 0 bridgehead atoms. The van der Waals surface area contributed by atoms with E-state index in [4.69, 9.17) is 16.3 Å². The van der Waals surface area contributed by atoms with Gasteiger partial charge in [0.15, 0.2) is 0 Å². The fraction of sp³-hybridized carbons (Fsp3) is 0.435. The summed E-state index contributed by atoms with van der Waals surface area (Å²) in [6.45, 7) is 7.05. The van der Waals surface area contributed by atoms with E-state index in [9.17, 15) is 9.59 Å². The number of carbonyl (C=O) groups excluding carboxylic acids is 2. The molecule has 1 aromatic carbocycles. The van der Waals surface area contributed by atoms with Gasteiger partial charge in [0, 0.05) is 37.8 Å². The average molecular weight is 445 g/mol. The highest BCUT2D eigenvalue weighted by Gasteiger charge is 2.32. The highest BCUT2D eigenvalue weighted by Crippen LogP contribution is 2.33. The highest BCUT2D eigenvalue weighted by molar-refractivity contribution is 6.29. The SMILES string of the molecule is COc1cc(Cl)ncc1NC(=O)N(c1ccccc1C(C)C)C1CCN(C(C)=O)CC1. The molecule has 2 aromatic rings. The Morgan fingerprint density at radius 3 is 2.55 bits per heavy atom. The molecule has 0 spiro atoms. The summed E-state index contributed by atoms with van der Waals surface area (Å²) in [7, 11) is 1.52. The average Bonchev–Trinajstić information content (AvgIpc) is 2.75. The van der Waals surface area contributed by atoms with Gasteiger partial charge in [-0.25, -0.2) is 9.78 Å². The van der Waals surface area contributed by atoms with E-state index in [1.54, 1.807) is 13.0 Å². The molecule has 166 valence electrons. The number of hydrogen-bond acceptors (Lipinski definition) is 4. The second kappa shape index (κ2) is 10.0. The number of carbonyl (C=O) groups is 2. The third-order valence-corrected chi connectivity index (χ3v) is 5.81. The maximum atomic E-state index is 13.6. The van der Waals surface area contributed by atoms with Gasteiger partial charge in [-0.1, -0.05) is 43.6 Å². The maximum Gasteiger partial charge on any atom is 0.326 e. The standard InChI is InChI=1S/C23H29ClN4O3/c1-15(2)18-7-5-6-8-20(18)28(17-9-11-27(12-10-17)16(3)29)23(30)26-19-14-25-22(24)13-21(19)31-4/h5-8,13-15,17H,9-12H2,1-4H3,(H,26,30). The molecule has 1 aliphatic rings. The fourth-order valence-electron chi connectivity index (χ4n) is 3.96. The summed E-state index contributed by atoms with van der Waals surface area (Å²) >= 11 is 5.96. The summed E-state index contributed by atoms with van der Waals surface area (Å²) in [5.74, 6) is 0.751. The Bertz CT molecular complexity index is 942. The Hall–Kier alpha value is -2.80. The van der Waals surface area contributed by atoms with Gasteiger partial charge in [-0.15, -0.1) is 0 Å². The molecule has 3 amide bonds. The van der Waals surface area contributed by atoms with Gasteiger partial charge in [-0.05, 0) is 30.4 Å². The predicted octanol–water partition coefficient (Wildman–Crippen LogP) is 4.92. The number of amides is 3. The Morgan fingerprint density at radius 1 is 1.26 bits per heavy atom. The number of para-hydroxylation sites is 1. The second-order valence-corrected chi connectivity index (χ2v) is 8.35. The van der Waals surface area contributed by atoms with E-state index in [1.165, 1.54) is 13.3 Å². The number of benzene rings is 1. The smallest absolute Gasteiger partial charge is 0.326 e. The molecule has 8 heteroatoms. The van der Waals surface area contributed by atoms with Crippen molar-refractivity contribution in [3.8, 4) is 5.75 Å². The summed E-state index contributed by atoms with van der Waals surface area (Å²) in [4.78, 5) is 33.1. The number of methoxy groups -OCH3 is 1. The van der Waals surface area contributed by atoms with Gasteiger partial charge < -0.3 is 15.0 Å². The lowest BCUT2D eigenvalue weighted by molar-refractivity contribution is -0.129. The Morgan fingerprint density at radius 2 is 1.94 bits per heavy atom. The Labute approximate surface area is 188 Å². The van der Waals surface area contributed by atoms with Crippen LogP contribution in [0.25, 0.3) is 0 Å². The quantitative estimate of drug-likeness (QED) is 0.664. The highest BCUT2D eigenvalue weighted by atomic mass is 35.5. The third kappa shape index (κ3) is 5.28. The normalized spacial score (nSPS) is 14.5. The number of aromatic nitrogens is 1. The van der Waals surface area contributed by atoms with Crippen LogP contribution >= 0.6 is 11.6 Å². The molecule has 1 aromatic heterocycles. The summed E-state index contributed by atoms with van der Waals surface area (Å²) in [5.41, 5.74) is 2.41. The van der Waals surface area contributed by atoms with E-state index in [-0.39, 0.29) is 29.1 Å². The molecular formula is C23H29ClN4O3. The van der Waals surface area contributed by atoms with Crippen LogP contribution in [0.3, 0.4) is 0 Å². The first-order valence-corrected chi connectivity index (χ1v) is 10.8. The van der Waals surface area contributed by atoms with Crippen molar-refractivity contribution in [1.29, 1.82) is 0 Å². The zero-order valence-electron chi connectivity index (χ0n) is 18.4. The van der Waals surface area contributed by atoms with Crippen LogP contribution in [-0.2, 0) is 4.79 Å². The van der Waals surface area contributed by atoms with Crippen molar-refractivity contribution in [1.82, 2.24) is 9.88 Å². The molecular weight excluding hydrogens is 416 g/mol. The molecule has 0 unspecified atom stereocenters. The number of rotatable bonds is 5. The number of likely N-dealkylation sites (tertiary alicyclic amines) is 1. The van der Waals surface area contributed by atoms with E-state index in [1.807, 2.05) is 28.0 Å². The van der Waals surface area contributed by atoms with Crippen molar-refractivity contribution < 1.29 is 14.3 Å². The fourth-order valence-corrected chi connectivity index (χ4v) is 4.11. The van der Waals surface area contributed by atoms with Crippen LogP contribution in [-0.4, -0.2) is 48.1 Å². The minimum Gasteiger partial charge on any atom is -0.494 e. The Balaban J connectivity index is 1.95. The van der Waals surface area contributed by atoms with Crippen LogP contribution in [0.4, 0.5) is 16.2 Å². The Kier molecular flexibility index (Phi) is 7.38. The minimum absolute atomic E-state index is 0.0400. The number of piperidine rings is 1. The zero-order valence-corrected chi connectivity index (χ0v) is 19.1. The summed E-state index contributed by atoms with van der Waals surface area (Å²) in [5, 5.41) is 3.23. The van der Waals surface area contributed by atoms with Crippen LogP contribution in [0.1, 0.15) is 45.1 Å². The van der Waals surface area contributed by atoms with Crippen molar-refractivity contribution in [2.45, 2.75) is 45.6 Å². The molecule has 31 heavy (non-hydrogen) atoms. The molecule has 7 nitrogen and oxygen atoms in total. The molecule has 3 rings (SSSR count). The maximum absolute atomic E-state index is 13.6. The first-order valence-electron chi connectivity index (χ1n) is 10.5. The van der Waals surface area contributed by atoms with Crippen LogP contribution in [0.15, 0.2) is 36.5 Å². The molecule has 0 atom stereocenters. The van der Waals surface area contributed by atoms with Crippen LogP contribution < -0.4 is 15.0 Å². The van der Waals surface area contributed by atoms with Gasteiger partial charge in [-0.3, -0.25) is 9.69 Å². The molecule has 0 aliphatic carbocycles. The van der Waals surface area contributed by atoms with Gasteiger partial charge in [0.1, 0.15) is 16.6 Å². The lowest BCUT2D eigenvalue weighted by Crippen LogP contribution is -2.50. The van der Waals surface area contributed by atoms with Crippen molar-refractivity contribution in [2.24, 2.45) is 0 Å². The number of urea groups is 1. The first-order chi connectivity index (χ1) is 14.8. The molecule has 2 heterocycles. The van der Waals surface area contributed by atoms with E-state index in [0.717, 1.165) is 11.3 Å². The van der Waals surface area contributed by atoms with E-state index in [0.29, 0.717) is 37.4 Å². The van der Waals surface area contributed by atoms with E-state index in [2.05, 4.69) is 30.2 Å². The number of ether oxygens (including phenoxy) is 1. The van der Waals surface area contributed by atoms with Crippen molar-refractivity contribution in [2.75, 3.05) is 30.4 Å². The molecule has 0 radical (unpaired) electrons. The second-order valence-electron chi connectivity index (χ2n) is 7.96. The van der Waals surface area contributed by atoms with Crippen molar-refractivity contribution in [3.05, 3.63) is 47.2 Å². The number of hydrogen-bond donors (Lipinski definition) is 1. The molecule has 1 fully saturated rings. The third-order valence-electron chi connectivity index (χ3n) is 5.61. The summed E-state index contributed by atoms with van der Waals surface area (Å²) in [6.07, 6.45) is 2.90. The van der Waals surface area contributed by atoms with E-state index < -0.39 is 0 Å². The largest absolute Gasteiger partial charge is 0.494 e. The molecule has 0 saturated carbocycles. The summed E-state index contributed by atoms with van der Waals surface area (Å²) in [6, 6.07) is 9.21. The van der Waals surface area contributed by atoms with Gasteiger partial charge in [0.2, 0.25) is 5.91 Å². The monoisotopic (exact) mass is 444 g/mol. The minimum atomic E-state index is -0.267. The van der Waals surface area contributed by atoms with Gasteiger partial charge in [-0.2, -0.15) is 0 Å². The number of pyridine rings is 1. The van der Waals surface area contributed by atoms with Crippen molar-refractivity contribution in [3.63, 3.8) is 0 Å². The van der Waals surface area contributed by atoms with E-state index >= 15 is 0 Å². The van der Waals surface area contributed by atoms with Crippen LogP contribution in [0.5, 0.6) is 5.75 Å². The lowest BCUT2D eigenvalue weighted by Gasteiger charge is -2.39. The molecule has 1 N–H and O–H groups in total.